The van der Waals surface area contributed by atoms with Crippen LogP contribution in [0.4, 0.5) is 0 Å². The molecule has 2 aromatic rings. The van der Waals surface area contributed by atoms with Gasteiger partial charge in [-0.25, -0.2) is 22.5 Å². The summed E-state index contributed by atoms with van der Waals surface area (Å²) in [6.45, 7) is 0.215. The summed E-state index contributed by atoms with van der Waals surface area (Å²) < 4.78 is 36.8. The van der Waals surface area contributed by atoms with Crippen molar-refractivity contribution in [3.05, 3.63) is 33.8 Å². The maximum Gasteiger partial charge on any atom is 0.354 e. The molecule has 2 aromatic heterocycles. The number of aromatic amines is 1. The molecule has 150 valence electrons. The Morgan fingerprint density at radius 2 is 2.29 bits per heavy atom. The van der Waals surface area contributed by atoms with Gasteiger partial charge in [-0.05, 0) is 18.2 Å². The Bertz CT molecular complexity index is 1090. The van der Waals surface area contributed by atoms with Gasteiger partial charge < -0.3 is 20.2 Å². The molecule has 0 aromatic carbocycles. The van der Waals surface area contributed by atoms with Crippen LogP contribution in [0.25, 0.3) is 10.6 Å². The lowest BCUT2D eigenvalue weighted by molar-refractivity contribution is 0.0595. The van der Waals surface area contributed by atoms with Crippen molar-refractivity contribution in [2.75, 3.05) is 20.8 Å². The van der Waals surface area contributed by atoms with E-state index in [1.165, 1.54) is 25.5 Å². The van der Waals surface area contributed by atoms with Gasteiger partial charge in [0.05, 0.1) is 34.2 Å². The second kappa shape index (κ2) is 6.48. The highest BCUT2D eigenvalue weighted by Crippen LogP contribution is 2.51. The summed E-state index contributed by atoms with van der Waals surface area (Å²) in [5.41, 5.74) is 4.45. The number of sulfonamides is 1. The second-order valence-corrected chi connectivity index (χ2v) is 9.89. The van der Waals surface area contributed by atoms with Gasteiger partial charge in [0.1, 0.15) is 11.2 Å². The first-order valence-corrected chi connectivity index (χ1v) is 10.9. The van der Waals surface area contributed by atoms with Gasteiger partial charge in [-0.1, -0.05) is 11.6 Å². The van der Waals surface area contributed by atoms with E-state index in [0.717, 1.165) is 9.18 Å². The average molecular weight is 445 g/mol. The standard InChI is InChI=1S/C16H17ClN4O5S2/c1-21-15(18)20-16(5-6-26-14(16)28(21,23)24)12-8(17)7-11(27-12)9-3-4-10(19-9)13(22)25-2/h3-4,7,14,19H,5-6H2,1-2H3,(H2,18,20)/t14?,16-/m1/s1. The Kier molecular flexibility index (Phi) is 4.45. The number of nitrogens with one attached hydrogen (secondary N) is 1. The van der Waals surface area contributed by atoms with Crippen LogP contribution in [0.3, 0.4) is 0 Å². The molecule has 1 fully saturated rings. The van der Waals surface area contributed by atoms with Crippen molar-refractivity contribution in [3.63, 3.8) is 0 Å². The average Bonchev–Trinajstić information content (AvgIpc) is 3.37. The van der Waals surface area contributed by atoms with E-state index < -0.39 is 27.0 Å². The van der Waals surface area contributed by atoms with Crippen molar-refractivity contribution in [2.45, 2.75) is 17.4 Å². The van der Waals surface area contributed by atoms with Gasteiger partial charge in [0.2, 0.25) is 11.4 Å². The van der Waals surface area contributed by atoms with Crippen LogP contribution in [-0.4, -0.2) is 55.8 Å². The van der Waals surface area contributed by atoms with Crippen LogP contribution in [-0.2, 0) is 25.0 Å². The van der Waals surface area contributed by atoms with Gasteiger partial charge in [-0.3, -0.25) is 0 Å². The van der Waals surface area contributed by atoms with E-state index in [9.17, 15) is 13.2 Å². The number of esters is 1. The number of thiophene rings is 1. The number of H-pyrrole nitrogens is 1. The molecule has 3 N–H and O–H groups in total. The summed E-state index contributed by atoms with van der Waals surface area (Å²) in [6, 6.07) is 5.03. The highest BCUT2D eigenvalue weighted by atomic mass is 35.5. The maximum absolute atomic E-state index is 12.8. The Hall–Kier alpha value is -2.08. The number of methoxy groups -OCH3 is 1. The first-order valence-electron chi connectivity index (χ1n) is 8.23. The SMILES string of the molecule is COC(=O)c1ccc(-c2cc(Cl)c([C@]34CCOC3S(=O)(=O)N(C)C(N)=N4)s2)[nH]1. The number of carbonyl (C=O) groups is 1. The fourth-order valence-corrected chi connectivity index (χ4v) is 6.78. The number of hydrogen-bond donors (Lipinski definition) is 2. The molecule has 12 heteroatoms. The fourth-order valence-electron chi connectivity index (χ4n) is 3.40. The van der Waals surface area contributed by atoms with Crippen molar-refractivity contribution in [3.8, 4) is 10.6 Å². The summed E-state index contributed by atoms with van der Waals surface area (Å²) >= 11 is 7.78. The minimum absolute atomic E-state index is 0.111. The minimum Gasteiger partial charge on any atom is -0.464 e. The van der Waals surface area contributed by atoms with E-state index in [0.29, 0.717) is 27.7 Å². The van der Waals surface area contributed by atoms with Crippen LogP contribution in [0.5, 0.6) is 0 Å². The van der Waals surface area contributed by atoms with E-state index in [1.54, 1.807) is 18.2 Å². The molecule has 2 aliphatic heterocycles. The number of halogens is 1. The predicted molar refractivity (Wildman–Crippen MR) is 105 cm³/mol. The molecule has 4 rings (SSSR count). The number of fused-ring (bicyclic) bond motifs is 1. The zero-order chi connectivity index (χ0) is 20.3. The second-order valence-electron chi connectivity index (χ2n) is 6.42. The highest BCUT2D eigenvalue weighted by molar-refractivity contribution is 7.90. The molecule has 0 saturated carbocycles. The monoisotopic (exact) mass is 444 g/mol. The molecule has 0 amide bonds. The zero-order valence-electron chi connectivity index (χ0n) is 14.9. The first kappa shape index (κ1) is 19.2. The van der Waals surface area contributed by atoms with Crippen LogP contribution in [0.1, 0.15) is 21.8 Å². The number of aliphatic imine (C=N–C) groups is 1. The van der Waals surface area contributed by atoms with Crippen molar-refractivity contribution in [1.82, 2.24) is 9.29 Å². The molecule has 0 radical (unpaired) electrons. The van der Waals surface area contributed by atoms with Crippen molar-refractivity contribution in [2.24, 2.45) is 10.7 Å². The van der Waals surface area contributed by atoms with E-state index in [-0.39, 0.29) is 12.6 Å². The Labute approximate surface area is 170 Å². The molecule has 28 heavy (non-hydrogen) atoms. The van der Waals surface area contributed by atoms with E-state index in [2.05, 4.69) is 9.98 Å². The molecule has 0 spiro atoms. The molecule has 2 aliphatic rings. The number of nitrogens with two attached hydrogens (primary N) is 1. The number of ether oxygens (including phenoxy) is 2. The molecular weight excluding hydrogens is 428 g/mol. The highest BCUT2D eigenvalue weighted by Gasteiger charge is 2.59. The number of hydrogen-bond acceptors (Lipinski definition) is 8. The molecule has 0 aliphatic carbocycles. The topological polar surface area (TPSA) is 127 Å². The van der Waals surface area contributed by atoms with E-state index in [1.807, 2.05) is 0 Å². The number of aromatic nitrogens is 1. The molecule has 1 unspecified atom stereocenters. The molecule has 1 saturated heterocycles. The normalized spacial score (nSPS) is 26.0. The largest absolute Gasteiger partial charge is 0.464 e. The van der Waals surface area contributed by atoms with Crippen LogP contribution in [0.2, 0.25) is 5.02 Å². The van der Waals surface area contributed by atoms with Gasteiger partial charge in [0.15, 0.2) is 0 Å². The van der Waals surface area contributed by atoms with Crippen molar-refractivity contribution in [1.29, 1.82) is 0 Å². The van der Waals surface area contributed by atoms with Crippen LogP contribution >= 0.6 is 22.9 Å². The maximum atomic E-state index is 12.8. The molecule has 4 heterocycles. The first-order chi connectivity index (χ1) is 13.2. The van der Waals surface area contributed by atoms with Gasteiger partial charge >= 0.3 is 5.97 Å². The Morgan fingerprint density at radius 1 is 1.54 bits per heavy atom. The fraction of sp³-hybridized carbons (Fsp3) is 0.375. The minimum atomic E-state index is -3.84. The molecule has 9 nitrogen and oxygen atoms in total. The predicted octanol–water partition coefficient (Wildman–Crippen LogP) is 1.71. The van der Waals surface area contributed by atoms with E-state index in [4.69, 9.17) is 26.8 Å². The summed E-state index contributed by atoms with van der Waals surface area (Å²) in [5, 5.41) is 0.362. The third-order valence-corrected chi connectivity index (χ3v) is 8.63. The lowest BCUT2D eigenvalue weighted by atomic mass is 9.97. The summed E-state index contributed by atoms with van der Waals surface area (Å²) in [7, 11) is -1.20. The summed E-state index contributed by atoms with van der Waals surface area (Å²) in [6.07, 6.45) is 0.337. The van der Waals surface area contributed by atoms with Crippen LogP contribution < -0.4 is 5.73 Å². The van der Waals surface area contributed by atoms with E-state index >= 15 is 0 Å². The third kappa shape index (κ3) is 2.65. The van der Waals surface area contributed by atoms with Crippen molar-refractivity contribution >= 4 is 44.9 Å². The van der Waals surface area contributed by atoms with Gasteiger partial charge in [-0.2, -0.15) is 0 Å². The molecule has 2 atom stereocenters. The third-order valence-electron chi connectivity index (χ3n) is 4.87. The lowest BCUT2D eigenvalue weighted by Crippen LogP contribution is -2.55. The Morgan fingerprint density at radius 3 is 3.00 bits per heavy atom. The number of carbonyl (C=O) groups excluding carboxylic acids is 1. The molecule has 0 bridgehead atoms. The van der Waals surface area contributed by atoms with Gasteiger partial charge in [0.25, 0.3) is 10.0 Å². The smallest absolute Gasteiger partial charge is 0.354 e. The zero-order valence-corrected chi connectivity index (χ0v) is 17.3. The summed E-state index contributed by atoms with van der Waals surface area (Å²) in [4.78, 5) is 20.4. The number of rotatable bonds is 3. The molecular formula is C16H17ClN4O5S2. The van der Waals surface area contributed by atoms with Gasteiger partial charge in [-0.15, -0.1) is 11.3 Å². The van der Waals surface area contributed by atoms with Crippen LogP contribution in [0, 0.1) is 0 Å². The quantitative estimate of drug-likeness (QED) is 0.694. The van der Waals surface area contributed by atoms with Gasteiger partial charge in [0, 0.05) is 13.5 Å². The summed E-state index contributed by atoms with van der Waals surface area (Å²) in [5.74, 6) is -0.601. The van der Waals surface area contributed by atoms with Crippen molar-refractivity contribution < 1.29 is 22.7 Å². The Balaban J connectivity index is 1.82. The number of nitrogens with zero attached hydrogens (tertiary/aromatic N) is 2. The lowest BCUT2D eigenvalue weighted by Gasteiger charge is -2.37. The number of guanidine groups is 1. The van der Waals surface area contributed by atoms with Crippen LogP contribution in [0.15, 0.2) is 23.2 Å².